The van der Waals surface area contributed by atoms with Crippen LogP contribution in [0.3, 0.4) is 0 Å². The molecule has 0 bridgehead atoms. The third-order valence-electron chi connectivity index (χ3n) is 3.24. The van der Waals surface area contributed by atoms with E-state index in [1.165, 1.54) is 3.57 Å². The van der Waals surface area contributed by atoms with Gasteiger partial charge in [0.25, 0.3) is 0 Å². The highest BCUT2D eigenvalue weighted by atomic mass is 127. The second-order valence-corrected chi connectivity index (χ2v) is 5.91. The van der Waals surface area contributed by atoms with Crippen LogP contribution in [0.5, 0.6) is 5.75 Å². The van der Waals surface area contributed by atoms with Gasteiger partial charge in [-0.25, -0.2) is 0 Å². The number of pyridine rings is 1. The topological polar surface area (TPSA) is 65.4 Å². The first kappa shape index (κ1) is 15.1. The fourth-order valence-corrected chi connectivity index (χ4v) is 2.67. The van der Waals surface area contributed by atoms with Crippen molar-refractivity contribution in [1.82, 2.24) is 4.98 Å². The number of anilines is 1. The van der Waals surface area contributed by atoms with E-state index in [-0.39, 0.29) is 12.4 Å². The lowest BCUT2D eigenvalue weighted by Gasteiger charge is -2.14. The molecule has 1 heterocycles. The Hall–Kier alpha value is -1.34. The van der Waals surface area contributed by atoms with Gasteiger partial charge in [0, 0.05) is 33.1 Å². The Morgan fingerprint density at radius 1 is 1.30 bits per heavy atom. The van der Waals surface area contributed by atoms with E-state index < -0.39 is 0 Å². The van der Waals surface area contributed by atoms with Gasteiger partial charge >= 0.3 is 0 Å². The summed E-state index contributed by atoms with van der Waals surface area (Å²) in [5.41, 5.74) is 4.07. The monoisotopic (exact) mass is 384 g/mol. The van der Waals surface area contributed by atoms with Crippen LogP contribution in [0.15, 0.2) is 24.4 Å². The molecule has 0 unspecified atom stereocenters. The lowest BCUT2D eigenvalue weighted by atomic mass is 10.1. The normalized spacial score (nSPS) is 10.6. The van der Waals surface area contributed by atoms with Gasteiger partial charge in [0.15, 0.2) is 0 Å². The lowest BCUT2D eigenvalue weighted by molar-refractivity contribution is 0.279. The molecule has 0 saturated heterocycles. The summed E-state index contributed by atoms with van der Waals surface area (Å²) in [7, 11) is 0. The SMILES string of the molecule is Cc1cc(I)ccc1NCc1c(CO)cnc(C)c1O. The van der Waals surface area contributed by atoms with Crippen LogP contribution in [0, 0.1) is 17.4 Å². The van der Waals surface area contributed by atoms with Crippen LogP contribution in [0.2, 0.25) is 0 Å². The zero-order valence-electron chi connectivity index (χ0n) is 11.4. The van der Waals surface area contributed by atoms with Gasteiger partial charge in [0.05, 0.1) is 12.3 Å². The zero-order valence-corrected chi connectivity index (χ0v) is 13.6. The van der Waals surface area contributed by atoms with Crippen LogP contribution in [-0.4, -0.2) is 15.2 Å². The summed E-state index contributed by atoms with van der Waals surface area (Å²) in [6.45, 7) is 4.10. The molecular formula is C15H17IN2O2. The van der Waals surface area contributed by atoms with Crippen molar-refractivity contribution in [2.24, 2.45) is 0 Å². The van der Waals surface area contributed by atoms with Crippen molar-refractivity contribution in [3.8, 4) is 5.75 Å². The largest absolute Gasteiger partial charge is 0.506 e. The molecule has 2 aromatic rings. The molecule has 0 amide bonds. The Kier molecular flexibility index (Phi) is 4.82. The van der Waals surface area contributed by atoms with Crippen molar-refractivity contribution >= 4 is 28.3 Å². The van der Waals surface area contributed by atoms with Gasteiger partial charge in [-0.05, 0) is 60.2 Å². The third-order valence-corrected chi connectivity index (χ3v) is 3.92. The number of aliphatic hydroxyl groups excluding tert-OH is 1. The number of hydrogen-bond donors (Lipinski definition) is 3. The van der Waals surface area contributed by atoms with Gasteiger partial charge in [-0.2, -0.15) is 0 Å². The summed E-state index contributed by atoms with van der Waals surface area (Å²) in [6.07, 6.45) is 1.60. The summed E-state index contributed by atoms with van der Waals surface area (Å²) in [5.74, 6) is 0.146. The molecule has 1 aromatic heterocycles. The smallest absolute Gasteiger partial charge is 0.142 e. The minimum atomic E-state index is -0.135. The maximum absolute atomic E-state index is 10.1. The van der Waals surface area contributed by atoms with E-state index in [0.717, 1.165) is 11.3 Å². The average Bonchev–Trinajstić information content (AvgIpc) is 2.42. The molecule has 20 heavy (non-hydrogen) atoms. The van der Waals surface area contributed by atoms with Crippen LogP contribution in [0.1, 0.15) is 22.4 Å². The quantitative estimate of drug-likeness (QED) is 0.709. The Morgan fingerprint density at radius 3 is 2.70 bits per heavy atom. The maximum atomic E-state index is 10.1. The third kappa shape index (κ3) is 3.21. The van der Waals surface area contributed by atoms with Gasteiger partial charge in [0.2, 0.25) is 0 Å². The van der Waals surface area contributed by atoms with E-state index in [0.29, 0.717) is 23.4 Å². The molecular weight excluding hydrogens is 367 g/mol. The predicted molar refractivity (Wildman–Crippen MR) is 87.8 cm³/mol. The minimum Gasteiger partial charge on any atom is -0.506 e. The molecule has 0 saturated carbocycles. The summed E-state index contributed by atoms with van der Waals surface area (Å²) >= 11 is 2.27. The van der Waals surface area contributed by atoms with Crippen molar-refractivity contribution in [2.45, 2.75) is 27.0 Å². The molecule has 0 fully saturated rings. The number of hydrogen-bond acceptors (Lipinski definition) is 4. The van der Waals surface area contributed by atoms with Crippen molar-refractivity contribution in [3.05, 3.63) is 50.4 Å². The molecule has 0 aliphatic heterocycles. The molecule has 0 aliphatic carbocycles. The molecule has 0 radical (unpaired) electrons. The van der Waals surface area contributed by atoms with Crippen LogP contribution >= 0.6 is 22.6 Å². The summed E-state index contributed by atoms with van der Waals surface area (Å²) < 4.78 is 1.18. The fraction of sp³-hybridized carbons (Fsp3) is 0.267. The van der Waals surface area contributed by atoms with E-state index in [1.807, 2.05) is 19.1 Å². The van der Waals surface area contributed by atoms with Crippen molar-refractivity contribution < 1.29 is 10.2 Å². The van der Waals surface area contributed by atoms with Gasteiger partial charge < -0.3 is 15.5 Å². The molecule has 5 heteroatoms. The highest BCUT2D eigenvalue weighted by molar-refractivity contribution is 14.1. The number of nitrogens with zero attached hydrogens (tertiary/aromatic N) is 1. The lowest BCUT2D eigenvalue weighted by Crippen LogP contribution is -2.06. The molecule has 1 aromatic carbocycles. The second kappa shape index (κ2) is 6.41. The number of benzene rings is 1. The Bertz CT molecular complexity index is 630. The molecule has 0 aliphatic rings. The van der Waals surface area contributed by atoms with Gasteiger partial charge in [-0.1, -0.05) is 0 Å². The number of aliphatic hydroxyl groups is 1. The van der Waals surface area contributed by atoms with Gasteiger partial charge in [0.1, 0.15) is 5.75 Å². The number of aromatic nitrogens is 1. The van der Waals surface area contributed by atoms with Crippen LogP contribution in [0.25, 0.3) is 0 Å². The van der Waals surface area contributed by atoms with Crippen molar-refractivity contribution in [2.75, 3.05) is 5.32 Å². The molecule has 2 rings (SSSR count). The summed E-state index contributed by atoms with van der Waals surface area (Å²) in [4.78, 5) is 4.06. The van der Waals surface area contributed by atoms with Crippen LogP contribution in [0.4, 0.5) is 5.69 Å². The van der Waals surface area contributed by atoms with E-state index in [2.05, 4.69) is 39.0 Å². The second-order valence-electron chi connectivity index (χ2n) is 4.67. The highest BCUT2D eigenvalue weighted by Gasteiger charge is 2.11. The number of aryl methyl sites for hydroxylation is 2. The molecule has 106 valence electrons. The van der Waals surface area contributed by atoms with Gasteiger partial charge in [-0.15, -0.1) is 0 Å². The minimum absolute atomic E-state index is 0.135. The van der Waals surface area contributed by atoms with Crippen LogP contribution < -0.4 is 5.32 Å². The predicted octanol–water partition coefficient (Wildman–Crippen LogP) is 3.11. The Labute approximate surface area is 132 Å². The van der Waals surface area contributed by atoms with Crippen LogP contribution in [-0.2, 0) is 13.2 Å². The molecule has 3 N–H and O–H groups in total. The maximum Gasteiger partial charge on any atom is 0.142 e. The molecule has 0 atom stereocenters. The first-order valence-electron chi connectivity index (χ1n) is 6.30. The van der Waals surface area contributed by atoms with Gasteiger partial charge in [-0.3, -0.25) is 4.98 Å². The fourth-order valence-electron chi connectivity index (χ4n) is 2.03. The summed E-state index contributed by atoms with van der Waals surface area (Å²) in [5, 5.41) is 22.7. The van der Waals surface area contributed by atoms with Crippen molar-refractivity contribution in [1.29, 1.82) is 0 Å². The van der Waals surface area contributed by atoms with E-state index in [1.54, 1.807) is 13.1 Å². The number of aromatic hydroxyl groups is 1. The summed E-state index contributed by atoms with van der Waals surface area (Å²) in [6, 6.07) is 6.13. The van der Waals surface area contributed by atoms with E-state index in [4.69, 9.17) is 0 Å². The van der Waals surface area contributed by atoms with E-state index >= 15 is 0 Å². The number of rotatable bonds is 4. The Balaban J connectivity index is 2.24. The molecule has 0 spiro atoms. The Morgan fingerprint density at radius 2 is 2.05 bits per heavy atom. The number of nitrogens with one attached hydrogen (secondary N) is 1. The van der Waals surface area contributed by atoms with E-state index in [9.17, 15) is 10.2 Å². The van der Waals surface area contributed by atoms with Crippen molar-refractivity contribution in [3.63, 3.8) is 0 Å². The zero-order chi connectivity index (χ0) is 14.7. The standard InChI is InChI=1S/C15H17IN2O2/c1-9-5-12(16)3-4-14(9)18-7-13-11(8-19)6-17-10(2)15(13)20/h3-6,18-20H,7-8H2,1-2H3. The first-order valence-corrected chi connectivity index (χ1v) is 7.38. The first-order chi connectivity index (χ1) is 9.52. The number of halogens is 1. The molecule has 4 nitrogen and oxygen atoms in total. The average molecular weight is 384 g/mol. The highest BCUT2D eigenvalue weighted by Crippen LogP contribution is 2.26.